The number of urea groups is 1. The Kier molecular flexibility index (Phi) is 7.77. The molecular weight excluding hydrogens is 518 g/mol. The molecular formula is C27H29N7O4S. The first-order valence-corrected chi connectivity index (χ1v) is 13.9. The zero-order valence-corrected chi connectivity index (χ0v) is 22.8. The van der Waals surface area contributed by atoms with Gasteiger partial charge in [-0.1, -0.05) is 56.2 Å². The highest BCUT2D eigenvalue weighted by molar-refractivity contribution is 7.90. The quantitative estimate of drug-likeness (QED) is 0.310. The predicted molar refractivity (Wildman–Crippen MR) is 148 cm³/mol. The van der Waals surface area contributed by atoms with E-state index in [0.29, 0.717) is 16.9 Å². The Morgan fingerprint density at radius 1 is 0.949 bits per heavy atom. The van der Waals surface area contributed by atoms with Crippen molar-refractivity contribution < 1.29 is 18.0 Å². The highest BCUT2D eigenvalue weighted by atomic mass is 32.2. The molecule has 0 aliphatic rings. The SMILES string of the molecule is CC(C)(C)c1ccc(N(Cc2ccc(C(=O)Nc3nn[nH]n3)cc2)C(=O)Nc2cccc(S(C)(=O)=O)c2)cc1. The smallest absolute Gasteiger partial charge is 0.307 e. The summed E-state index contributed by atoms with van der Waals surface area (Å²) in [7, 11) is -3.44. The molecule has 0 aliphatic carbocycles. The van der Waals surface area contributed by atoms with Crippen LogP contribution in [0.2, 0.25) is 0 Å². The number of hydrogen-bond donors (Lipinski definition) is 3. The first kappa shape index (κ1) is 27.5. The van der Waals surface area contributed by atoms with E-state index in [1.54, 1.807) is 41.3 Å². The summed E-state index contributed by atoms with van der Waals surface area (Å²) in [5, 5.41) is 18.4. The van der Waals surface area contributed by atoms with Crippen molar-refractivity contribution in [3.05, 3.63) is 89.5 Å². The molecule has 0 saturated heterocycles. The standard InChI is InChI=1S/C27H29N7O4S/c1-27(2,3)20-12-14-22(15-13-20)34(26(36)28-21-6-5-7-23(16-21)39(4,37)38)17-18-8-10-19(11-9-18)24(35)29-25-30-32-33-31-25/h5-16H,17H2,1-4H3,(H,28,36)(H2,29,30,31,32,33,35). The van der Waals surface area contributed by atoms with Crippen LogP contribution in [0.5, 0.6) is 0 Å². The lowest BCUT2D eigenvalue weighted by atomic mass is 9.87. The van der Waals surface area contributed by atoms with Crippen LogP contribution in [0.15, 0.2) is 77.7 Å². The topological polar surface area (TPSA) is 150 Å². The molecule has 3 amide bonds. The summed E-state index contributed by atoms with van der Waals surface area (Å²) in [4.78, 5) is 27.6. The summed E-state index contributed by atoms with van der Waals surface area (Å²) in [6.45, 7) is 6.52. The second kappa shape index (κ2) is 11.0. The van der Waals surface area contributed by atoms with Crippen molar-refractivity contribution in [2.45, 2.75) is 37.6 Å². The van der Waals surface area contributed by atoms with E-state index in [0.717, 1.165) is 17.4 Å². The van der Waals surface area contributed by atoms with Gasteiger partial charge < -0.3 is 5.32 Å². The number of H-pyrrole nitrogens is 1. The minimum Gasteiger partial charge on any atom is -0.307 e. The minimum atomic E-state index is -3.44. The van der Waals surface area contributed by atoms with E-state index in [9.17, 15) is 18.0 Å². The third-order valence-corrected chi connectivity index (χ3v) is 7.04. The number of carbonyl (C=O) groups is 2. The van der Waals surface area contributed by atoms with Gasteiger partial charge in [0.15, 0.2) is 9.84 Å². The van der Waals surface area contributed by atoms with Crippen LogP contribution in [-0.4, -0.2) is 47.2 Å². The molecule has 3 aromatic carbocycles. The molecule has 3 N–H and O–H groups in total. The number of benzene rings is 3. The summed E-state index contributed by atoms with van der Waals surface area (Å²) in [6, 6.07) is 20.1. The zero-order valence-electron chi connectivity index (χ0n) is 22.0. The van der Waals surface area contributed by atoms with Crippen LogP contribution in [0.25, 0.3) is 0 Å². The maximum absolute atomic E-state index is 13.5. The molecule has 12 heteroatoms. The molecule has 39 heavy (non-hydrogen) atoms. The van der Waals surface area contributed by atoms with E-state index < -0.39 is 21.8 Å². The first-order chi connectivity index (χ1) is 18.4. The average molecular weight is 548 g/mol. The lowest BCUT2D eigenvalue weighted by molar-refractivity contribution is 0.102. The fourth-order valence-corrected chi connectivity index (χ4v) is 4.42. The predicted octanol–water partition coefficient (Wildman–Crippen LogP) is 4.39. The molecule has 4 rings (SSSR count). The largest absolute Gasteiger partial charge is 0.326 e. The van der Waals surface area contributed by atoms with Gasteiger partial charge in [-0.25, -0.2) is 13.2 Å². The van der Waals surface area contributed by atoms with Crippen LogP contribution in [0.3, 0.4) is 0 Å². The first-order valence-electron chi connectivity index (χ1n) is 12.0. The molecule has 0 saturated carbocycles. The molecule has 1 heterocycles. The lowest BCUT2D eigenvalue weighted by Crippen LogP contribution is -2.34. The third kappa shape index (κ3) is 7.05. The highest BCUT2D eigenvalue weighted by Crippen LogP contribution is 2.27. The molecule has 1 aromatic heterocycles. The normalized spacial score (nSPS) is 11.6. The molecule has 0 spiro atoms. The van der Waals surface area contributed by atoms with Crippen molar-refractivity contribution in [2.75, 3.05) is 21.8 Å². The van der Waals surface area contributed by atoms with E-state index >= 15 is 0 Å². The molecule has 202 valence electrons. The summed E-state index contributed by atoms with van der Waals surface area (Å²) in [5.74, 6) is -0.341. The number of nitrogens with one attached hydrogen (secondary N) is 3. The van der Waals surface area contributed by atoms with Crippen molar-refractivity contribution >= 4 is 39.1 Å². The van der Waals surface area contributed by atoms with Crippen LogP contribution in [0, 0.1) is 0 Å². The van der Waals surface area contributed by atoms with Gasteiger partial charge in [-0.15, -0.1) is 5.10 Å². The lowest BCUT2D eigenvalue weighted by Gasteiger charge is -2.25. The van der Waals surface area contributed by atoms with Gasteiger partial charge in [-0.3, -0.25) is 15.0 Å². The molecule has 11 nitrogen and oxygen atoms in total. The van der Waals surface area contributed by atoms with Crippen LogP contribution in [-0.2, 0) is 21.8 Å². The van der Waals surface area contributed by atoms with E-state index in [1.807, 2.05) is 24.3 Å². The van der Waals surface area contributed by atoms with E-state index in [2.05, 4.69) is 52.0 Å². The second-order valence-corrected chi connectivity index (χ2v) is 12.0. The summed E-state index contributed by atoms with van der Waals surface area (Å²) < 4.78 is 24.0. The Morgan fingerprint density at radius 2 is 1.64 bits per heavy atom. The van der Waals surface area contributed by atoms with Gasteiger partial charge in [0, 0.05) is 23.2 Å². The number of amides is 3. The van der Waals surface area contributed by atoms with Crippen molar-refractivity contribution in [3.63, 3.8) is 0 Å². The van der Waals surface area contributed by atoms with Gasteiger partial charge in [-0.05, 0) is 64.2 Å². The number of rotatable bonds is 7. The van der Waals surface area contributed by atoms with Crippen LogP contribution < -0.4 is 15.5 Å². The Morgan fingerprint density at radius 3 is 2.23 bits per heavy atom. The molecule has 0 atom stereocenters. The number of aromatic nitrogens is 4. The Bertz CT molecular complexity index is 1560. The number of sulfone groups is 1. The molecule has 0 unspecified atom stereocenters. The molecule has 0 radical (unpaired) electrons. The van der Waals surface area contributed by atoms with E-state index in [4.69, 9.17) is 0 Å². The molecule has 4 aromatic rings. The summed E-state index contributed by atoms with van der Waals surface area (Å²) in [5.41, 5.74) is 3.21. The van der Waals surface area contributed by atoms with Crippen LogP contribution in [0.4, 0.5) is 22.1 Å². The fraction of sp³-hybridized carbons (Fsp3) is 0.222. The van der Waals surface area contributed by atoms with Gasteiger partial charge in [0.2, 0.25) is 0 Å². The van der Waals surface area contributed by atoms with Gasteiger partial charge in [0.25, 0.3) is 11.9 Å². The van der Waals surface area contributed by atoms with Crippen molar-refractivity contribution in [1.82, 2.24) is 20.6 Å². The number of anilines is 3. The van der Waals surface area contributed by atoms with Crippen molar-refractivity contribution in [1.29, 1.82) is 0 Å². The molecule has 0 bridgehead atoms. The maximum atomic E-state index is 13.5. The summed E-state index contributed by atoms with van der Waals surface area (Å²) in [6.07, 6.45) is 1.11. The van der Waals surface area contributed by atoms with Crippen LogP contribution >= 0.6 is 0 Å². The monoisotopic (exact) mass is 547 g/mol. The average Bonchev–Trinajstić information content (AvgIpc) is 3.40. The van der Waals surface area contributed by atoms with E-state index in [1.165, 1.54) is 12.1 Å². The third-order valence-electron chi connectivity index (χ3n) is 5.93. The number of hydrogen-bond acceptors (Lipinski definition) is 7. The molecule has 0 fully saturated rings. The fourth-order valence-electron chi connectivity index (χ4n) is 3.75. The van der Waals surface area contributed by atoms with E-state index in [-0.39, 0.29) is 22.8 Å². The van der Waals surface area contributed by atoms with Gasteiger partial charge in [-0.2, -0.15) is 5.21 Å². The number of nitrogens with zero attached hydrogens (tertiary/aromatic N) is 4. The number of aromatic amines is 1. The van der Waals surface area contributed by atoms with Crippen molar-refractivity contribution in [3.8, 4) is 0 Å². The second-order valence-electron chi connectivity index (χ2n) is 10.00. The Hall–Kier alpha value is -4.58. The highest BCUT2D eigenvalue weighted by Gasteiger charge is 2.20. The Balaban J connectivity index is 1.59. The Labute approximate surface area is 226 Å². The van der Waals surface area contributed by atoms with Crippen molar-refractivity contribution in [2.24, 2.45) is 0 Å². The zero-order chi connectivity index (χ0) is 28.2. The van der Waals surface area contributed by atoms with Gasteiger partial charge >= 0.3 is 6.03 Å². The summed E-state index contributed by atoms with van der Waals surface area (Å²) >= 11 is 0. The molecule has 0 aliphatic heterocycles. The number of carbonyl (C=O) groups excluding carboxylic acids is 2. The minimum absolute atomic E-state index is 0.0599. The van der Waals surface area contributed by atoms with Gasteiger partial charge in [0.05, 0.1) is 11.4 Å². The maximum Gasteiger partial charge on any atom is 0.326 e. The van der Waals surface area contributed by atoms with Gasteiger partial charge in [0.1, 0.15) is 0 Å². The number of tetrazole rings is 1. The van der Waals surface area contributed by atoms with Crippen LogP contribution in [0.1, 0.15) is 42.3 Å².